The normalized spacial score (nSPS) is 47.9. The van der Waals surface area contributed by atoms with E-state index in [-0.39, 0.29) is 24.0 Å². The highest BCUT2D eigenvalue weighted by Crippen LogP contribution is 2.47. The molecule has 0 aromatic rings. The van der Waals surface area contributed by atoms with Crippen molar-refractivity contribution in [1.29, 1.82) is 0 Å². The number of aliphatic hydroxyl groups excluding tert-OH is 1. The van der Waals surface area contributed by atoms with Crippen LogP contribution >= 0.6 is 0 Å². The molecule has 1 amide bonds. The molecule has 4 N–H and O–H groups in total. The maximum atomic E-state index is 12.1. The van der Waals surface area contributed by atoms with Gasteiger partial charge in [0, 0.05) is 12.6 Å². The zero-order valence-electron chi connectivity index (χ0n) is 10.1. The Morgan fingerprint density at radius 1 is 1.24 bits per heavy atom. The average molecular weight is 238 g/mol. The van der Waals surface area contributed by atoms with Crippen LogP contribution in [-0.4, -0.2) is 29.7 Å². The van der Waals surface area contributed by atoms with Gasteiger partial charge < -0.3 is 16.2 Å². The Morgan fingerprint density at radius 3 is 2.53 bits per heavy atom. The van der Waals surface area contributed by atoms with Crippen LogP contribution in [0.3, 0.4) is 0 Å². The summed E-state index contributed by atoms with van der Waals surface area (Å²) < 4.78 is 0. The van der Waals surface area contributed by atoms with Crippen LogP contribution < -0.4 is 11.1 Å². The molecule has 3 fully saturated rings. The highest BCUT2D eigenvalue weighted by atomic mass is 16.3. The van der Waals surface area contributed by atoms with Crippen LogP contribution in [0.25, 0.3) is 0 Å². The molecule has 2 bridgehead atoms. The molecule has 3 aliphatic rings. The summed E-state index contributed by atoms with van der Waals surface area (Å²) in [5, 5.41) is 12.2. The molecule has 0 radical (unpaired) electrons. The molecule has 3 saturated carbocycles. The minimum atomic E-state index is -0.137. The molecular formula is C13H22N2O2. The second-order valence-electron chi connectivity index (χ2n) is 6.17. The van der Waals surface area contributed by atoms with E-state index >= 15 is 0 Å². The first kappa shape index (κ1) is 11.5. The van der Waals surface area contributed by atoms with E-state index in [1.54, 1.807) is 0 Å². The third-order valence-corrected chi connectivity index (χ3v) is 5.06. The largest absolute Gasteiger partial charge is 0.393 e. The van der Waals surface area contributed by atoms with Crippen molar-refractivity contribution in [2.45, 2.75) is 44.2 Å². The molecule has 4 unspecified atom stereocenters. The van der Waals surface area contributed by atoms with Crippen LogP contribution in [-0.2, 0) is 4.79 Å². The van der Waals surface area contributed by atoms with E-state index in [0.717, 1.165) is 25.8 Å². The van der Waals surface area contributed by atoms with Gasteiger partial charge in [-0.15, -0.1) is 0 Å². The van der Waals surface area contributed by atoms with Gasteiger partial charge in [-0.05, 0) is 49.9 Å². The number of nitrogens with two attached hydrogens (primary N) is 1. The number of rotatable bonds is 3. The van der Waals surface area contributed by atoms with E-state index in [1.807, 2.05) is 0 Å². The van der Waals surface area contributed by atoms with Crippen molar-refractivity contribution in [3.8, 4) is 0 Å². The van der Waals surface area contributed by atoms with Gasteiger partial charge in [0.05, 0.1) is 12.0 Å². The van der Waals surface area contributed by atoms with E-state index in [0.29, 0.717) is 17.8 Å². The number of aliphatic hydroxyl groups is 1. The number of carbonyl (C=O) groups is 1. The molecule has 0 aromatic carbocycles. The van der Waals surface area contributed by atoms with Gasteiger partial charge in [-0.25, -0.2) is 0 Å². The molecule has 4 nitrogen and oxygen atoms in total. The Morgan fingerprint density at radius 2 is 1.94 bits per heavy atom. The fourth-order valence-corrected chi connectivity index (χ4v) is 3.95. The van der Waals surface area contributed by atoms with E-state index in [4.69, 9.17) is 5.73 Å². The van der Waals surface area contributed by atoms with Crippen molar-refractivity contribution in [2.24, 2.45) is 29.4 Å². The van der Waals surface area contributed by atoms with Crippen molar-refractivity contribution in [3.63, 3.8) is 0 Å². The van der Waals surface area contributed by atoms with Gasteiger partial charge in [0.2, 0.25) is 5.91 Å². The summed E-state index contributed by atoms with van der Waals surface area (Å²) in [6, 6.07) is 0.0840. The minimum Gasteiger partial charge on any atom is -0.393 e. The number of carbonyl (C=O) groups excluding carboxylic acids is 1. The van der Waals surface area contributed by atoms with Crippen molar-refractivity contribution in [3.05, 3.63) is 0 Å². The first-order chi connectivity index (χ1) is 8.15. The topological polar surface area (TPSA) is 75.4 Å². The highest BCUT2D eigenvalue weighted by molar-refractivity contribution is 5.80. The lowest BCUT2D eigenvalue weighted by molar-refractivity contribution is -0.127. The molecular weight excluding hydrogens is 216 g/mol. The van der Waals surface area contributed by atoms with Gasteiger partial charge in [0.25, 0.3) is 0 Å². The van der Waals surface area contributed by atoms with Crippen molar-refractivity contribution in [1.82, 2.24) is 5.32 Å². The fraction of sp³-hybridized carbons (Fsp3) is 0.923. The van der Waals surface area contributed by atoms with E-state index in [2.05, 4.69) is 5.32 Å². The molecule has 3 rings (SSSR count). The molecule has 96 valence electrons. The maximum Gasteiger partial charge on any atom is 0.224 e. The first-order valence-corrected chi connectivity index (χ1v) is 6.86. The molecule has 0 aliphatic heterocycles. The molecule has 4 heteroatoms. The third-order valence-electron chi connectivity index (χ3n) is 5.06. The third kappa shape index (κ3) is 1.97. The zero-order chi connectivity index (χ0) is 12.0. The lowest BCUT2D eigenvalue weighted by atomic mass is 9.81. The summed E-state index contributed by atoms with van der Waals surface area (Å²) in [6.45, 7) is 0.719. The van der Waals surface area contributed by atoms with E-state index in [1.165, 1.54) is 12.8 Å². The summed E-state index contributed by atoms with van der Waals surface area (Å²) in [7, 11) is 0. The van der Waals surface area contributed by atoms with Crippen LogP contribution in [0.1, 0.15) is 32.1 Å². The maximum absolute atomic E-state index is 12.1. The van der Waals surface area contributed by atoms with Gasteiger partial charge in [-0.2, -0.15) is 0 Å². The van der Waals surface area contributed by atoms with Gasteiger partial charge in [-0.1, -0.05) is 0 Å². The first-order valence-electron chi connectivity index (χ1n) is 6.86. The minimum absolute atomic E-state index is 0.0544. The van der Waals surface area contributed by atoms with Crippen LogP contribution in [0.5, 0.6) is 0 Å². The molecule has 0 heterocycles. The van der Waals surface area contributed by atoms with Crippen molar-refractivity contribution >= 4 is 5.91 Å². The standard InChI is InChI=1S/C13H22N2O2/c14-12-9-2-1-8(5-9)11(12)13(17)15-6-7-3-10(16)4-7/h7-12,16H,1-6,14H2,(H,15,17). The van der Waals surface area contributed by atoms with Crippen LogP contribution in [0, 0.1) is 23.7 Å². The second-order valence-corrected chi connectivity index (χ2v) is 6.17. The monoisotopic (exact) mass is 238 g/mol. The van der Waals surface area contributed by atoms with Gasteiger partial charge >= 0.3 is 0 Å². The SMILES string of the molecule is NC1C2CCC(C2)C1C(=O)NCC1CC(O)C1. The number of amides is 1. The number of nitrogens with one attached hydrogen (secondary N) is 1. The Hall–Kier alpha value is -0.610. The van der Waals surface area contributed by atoms with Crippen LogP contribution in [0.15, 0.2) is 0 Å². The molecule has 0 spiro atoms. The van der Waals surface area contributed by atoms with E-state index in [9.17, 15) is 9.90 Å². The average Bonchev–Trinajstić information content (AvgIpc) is 2.82. The van der Waals surface area contributed by atoms with Gasteiger partial charge in [0.1, 0.15) is 0 Å². The quantitative estimate of drug-likeness (QED) is 0.659. The molecule has 0 aromatic heterocycles. The molecule has 4 atom stereocenters. The Labute approximate surface area is 102 Å². The van der Waals surface area contributed by atoms with E-state index < -0.39 is 0 Å². The summed E-state index contributed by atoms with van der Waals surface area (Å²) in [4.78, 5) is 12.1. The predicted molar refractivity (Wildman–Crippen MR) is 64.0 cm³/mol. The number of hydrogen-bond donors (Lipinski definition) is 3. The zero-order valence-corrected chi connectivity index (χ0v) is 10.1. The van der Waals surface area contributed by atoms with Gasteiger partial charge in [0.15, 0.2) is 0 Å². The van der Waals surface area contributed by atoms with Gasteiger partial charge in [-0.3, -0.25) is 4.79 Å². The summed E-state index contributed by atoms with van der Waals surface area (Å²) in [5.74, 6) is 1.80. The summed E-state index contributed by atoms with van der Waals surface area (Å²) in [6.07, 6.45) is 5.08. The second kappa shape index (κ2) is 4.25. The fourth-order valence-electron chi connectivity index (χ4n) is 3.95. The number of fused-ring (bicyclic) bond motifs is 2. The smallest absolute Gasteiger partial charge is 0.224 e. The Bertz CT molecular complexity index is 313. The summed E-state index contributed by atoms with van der Waals surface area (Å²) >= 11 is 0. The molecule has 3 aliphatic carbocycles. The molecule has 0 saturated heterocycles. The lowest BCUT2D eigenvalue weighted by Gasteiger charge is -2.33. The van der Waals surface area contributed by atoms with Crippen LogP contribution in [0.2, 0.25) is 0 Å². The van der Waals surface area contributed by atoms with Crippen molar-refractivity contribution in [2.75, 3.05) is 6.54 Å². The lowest BCUT2D eigenvalue weighted by Crippen LogP contribution is -2.47. The molecule has 17 heavy (non-hydrogen) atoms. The predicted octanol–water partition coefficient (Wildman–Crippen LogP) is 0.247. The number of hydrogen-bond acceptors (Lipinski definition) is 3. The summed E-state index contributed by atoms with van der Waals surface area (Å²) in [5.41, 5.74) is 6.14. The van der Waals surface area contributed by atoms with Crippen molar-refractivity contribution < 1.29 is 9.90 Å². The Kier molecular flexibility index (Phi) is 2.87. The van der Waals surface area contributed by atoms with Crippen LogP contribution in [0.4, 0.5) is 0 Å². The Balaban J connectivity index is 1.49. The highest BCUT2D eigenvalue weighted by Gasteiger charge is 2.49.